The molecule has 0 heterocycles. The summed E-state index contributed by atoms with van der Waals surface area (Å²) in [6.07, 6.45) is 17.1. The summed E-state index contributed by atoms with van der Waals surface area (Å²) in [4.78, 5) is 12.1. The largest absolute Gasteiger partial charge is 0.465 e. The van der Waals surface area contributed by atoms with Crippen LogP contribution in [0.25, 0.3) is 0 Å². The number of carbonyl (C=O) groups excluding carboxylic acids is 1. The maximum Gasteiger partial charge on any atom is 0.308 e. The van der Waals surface area contributed by atoms with Gasteiger partial charge in [-0.1, -0.05) is 91.4 Å². The first kappa shape index (κ1) is 21.5. The molecule has 0 saturated heterocycles. The van der Waals surface area contributed by atoms with Gasteiger partial charge < -0.3 is 4.74 Å². The second-order valence-electron chi connectivity index (χ2n) is 6.60. The maximum absolute atomic E-state index is 12.1. The van der Waals surface area contributed by atoms with Crippen molar-refractivity contribution >= 4 is 5.97 Å². The Morgan fingerprint density at radius 2 is 1.23 bits per heavy atom. The number of rotatable bonds is 16. The first-order chi connectivity index (χ1) is 10.8. The van der Waals surface area contributed by atoms with Crippen molar-refractivity contribution in [3.8, 4) is 0 Å². The van der Waals surface area contributed by atoms with Gasteiger partial charge in [0.05, 0.1) is 12.5 Å². The van der Waals surface area contributed by atoms with E-state index < -0.39 is 0 Å². The van der Waals surface area contributed by atoms with Crippen molar-refractivity contribution in [2.24, 2.45) is 5.92 Å². The summed E-state index contributed by atoms with van der Waals surface area (Å²) in [6, 6.07) is 0. The van der Waals surface area contributed by atoms with E-state index in [-0.39, 0.29) is 11.9 Å². The minimum atomic E-state index is 0.0459. The Bertz CT molecular complexity index is 238. The van der Waals surface area contributed by atoms with Crippen LogP contribution in [0, 0.1) is 5.92 Å². The van der Waals surface area contributed by atoms with Crippen LogP contribution in [-0.4, -0.2) is 12.6 Å². The molecule has 0 N–H and O–H groups in total. The second-order valence-corrected chi connectivity index (χ2v) is 6.60. The normalized spacial score (nSPS) is 12.3. The molecule has 0 amide bonds. The Morgan fingerprint density at radius 3 is 1.77 bits per heavy atom. The molecule has 1 unspecified atom stereocenters. The molecule has 0 bridgehead atoms. The van der Waals surface area contributed by atoms with E-state index >= 15 is 0 Å². The molecule has 0 spiro atoms. The number of carbonyl (C=O) groups is 1. The van der Waals surface area contributed by atoms with Crippen LogP contribution < -0.4 is 0 Å². The molecule has 0 aliphatic rings. The third kappa shape index (κ3) is 13.2. The highest BCUT2D eigenvalue weighted by Gasteiger charge is 2.17. The van der Waals surface area contributed by atoms with Crippen LogP contribution in [0.3, 0.4) is 0 Å². The first-order valence-corrected chi connectivity index (χ1v) is 9.92. The zero-order valence-corrected chi connectivity index (χ0v) is 15.5. The summed E-state index contributed by atoms with van der Waals surface area (Å²) >= 11 is 0. The van der Waals surface area contributed by atoms with Crippen molar-refractivity contribution in [1.29, 1.82) is 0 Å². The fraction of sp³-hybridized carbons (Fsp3) is 0.950. The average Bonchev–Trinajstić information content (AvgIpc) is 2.53. The molecule has 0 fully saturated rings. The lowest BCUT2D eigenvalue weighted by Gasteiger charge is -2.14. The number of esters is 1. The molecule has 0 aromatic heterocycles. The van der Waals surface area contributed by atoms with Gasteiger partial charge in [-0.25, -0.2) is 0 Å². The zero-order chi connectivity index (χ0) is 16.5. The molecular weight excluding hydrogens is 272 g/mol. The summed E-state index contributed by atoms with van der Waals surface area (Å²) in [5.41, 5.74) is 0. The molecule has 1 atom stereocenters. The average molecular weight is 313 g/mol. The summed E-state index contributed by atoms with van der Waals surface area (Å²) in [6.45, 7) is 7.20. The highest BCUT2D eigenvalue weighted by molar-refractivity contribution is 5.72. The molecule has 0 aromatic rings. The van der Waals surface area contributed by atoms with Crippen LogP contribution in [0.1, 0.15) is 111 Å². The van der Waals surface area contributed by atoms with Gasteiger partial charge in [-0.05, 0) is 19.3 Å². The Balaban J connectivity index is 3.55. The van der Waals surface area contributed by atoms with Crippen molar-refractivity contribution in [1.82, 2.24) is 0 Å². The summed E-state index contributed by atoms with van der Waals surface area (Å²) in [5, 5.41) is 0. The van der Waals surface area contributed by atoms with Crippen LogP contribution >= 0.6 is 0 Å². The molecule has 0 aliphatic carbocycles. The third-order valence-corrected chi connectivity index (χ3v) is 4.47. The molecule has 22 heavy (non-hydrogen) atoms. The monoisotopic (exact) mass is 312 g/mol. The predicted molar refractivity (Wildman–Crippen MR) is 96.1 cm³/mol. The minimum absolute atomic E-state index is 0.0459. The lowest BCUT2D eigenvalue weighted by atomic mass is 9.98. The van der Waals surface area contributed by atoms with Gasteiger partial charge in [0, 0.05) is 0 Å². The standard InChI is InChI=1S/C20H40O2/c1-4-7-9-11-13-15-17-19(6-3)20(21)22-18-16-14-12-10-8-5-2/h19H,4-18H2,1-3H3. The van der Waals surface area contributed by atoms with Crippen LogP contribution in [-0.2, 0) is 9.53 Å². The zero-order valence-electron chi connectivity index (χ0n) is 15.5. The van der Waals surface area contributed by atoms with Crippen LogP contribution in [0.2, 0.25) is 0 Å². The Morgan fingerprint density at radius 1 is 0.727 bits per heavy atom. The van der Waals surface area contributed by atoms with E-state index in [4.69, 9.17) is 4.74 Å². The lowest BCUT2D eigenvalue weighted by molar-refractivity contribution is -0.149. The van der Waals surface area contributed by atoms with E-state index in [1.54, 1.807) is 0 Å². The van der Waals surface area contributed by atoms with Crippen molar-refractivity contribution in [3.63, 3.8) is 0 Å². The van der Waals surface area contributed by atoms with E-state index in [2.05, 4.69) is 20.8 Å². The minimum Gasteiger partial charge on any atom is -0.465 e. The summed E-state index contributed by atoms with van der Waals surface area (Å²) in [7, 11) is 0. The van der Waals surface area contributed by atoms with E-state index in [1.165, 1.54) is 70.6 Å². The highest BCUT2D eigenvalue weighted by Crippen LogP contribution is 2.17. The molecule has 2 nitrogen and oxygen atoms in total. The molecule has 2 heteroatoms. The van der Waals surface area contributed by atoms with E-state index in [9.17, 15) is 4.79 Å². The molecule has 0 rings (SSSR count). The van der Waals surface area contributed by atoms with Gasteiger partial charge in [0.25, 0.3) is 0 Å². The highest BCUT2D eigenvalue weighted by atomic mass is 16.5. The van der Waals surface area contributed by atoms with Crippen LogP contribution in [0.4, 0.5) is 0 Å². The van der Waals surface area contributed by atoms with Gasteiger partial charge in [-0.3, -0.25) is 4.79 Å². The lowest BCUT2D eigenvalue weighted by Crippen LogP contribution is -2.17. The van der Waals surface area contributed by atoms with Crippen LogP contribution in [0.5, 0.6) is 0 Å². The van der Waals surface area contributed by atoms with Gasteiger partial charge in [0.1, 0.15) is 0 Å². The Kier molecular flexibility index (Phi) is 16.4. The Labute approximate surface area is 139 Å². The molecule has 0 saturated carbocycles. The Hall–Kier alpha value is -0.530. The number of unbranched alkanes of at least 4 members (excludes halogenated alkanes) is 10. The van der Waals surface area contributed by atoms with Crippen molar-refractivity contribution in [2.75, 3.05) is 6.61 Å². The summed E-state index contributed by atoms with van der Waals surface area (Å²) < 4.78 is 5.46. The van der Waals surface area contributed by atoms with Gasteiger partial charge in [-0.2, -0.15) is 0 Å². The fourth-order valence-electron chi connectivity index (χ4n) is 2.83. The van der Waals surface area contributed by atoms with E-state index in [0.29, 0.717) is 6.61 Å². The number of hydrogen-bond acceptors (Lipinski definition) is 2. The molecule has 132 valence electrons. The fourth-order valence-corrected chi connectivity index (χ4v) is 2.83. The smallest absolute Gasteiger partial charge is 0.308 e. The topological polar surface area (TPSA) is 26.3 Å². The predicted octanol–water partition coefficient (Wildman–Crippen LogP) is 6.67. The summed E-state index contributed by atoms with van der Waals surface area (Å²) in [5.74, 6) is 0.177. The number of hydrogen-bond donors (Lipinski definition) is 0. The second kappa shape index (κ2) is 16.8. The van der Waals surface area contributed by atoms with Gasteiger partial charge in [0.2, 0.25) is 0 Å². The maximum atomic E-state index is 12.1. The van der Waals surface area contributed by atoms with Crippen LogP contribution in [0.15, 0.2) is 0 Å². The van der Waals surface area contributed by atoms with E-state index in [1.807, 2.05) is 0 Å². The SMILES string of the molecule is CCCCCCCCOC(=O)C(CC)CCCCCCCC. The van der Waals surface area contributed by atoms with Crippen molar-refractivity contribution in [2.45, 2.75) is 111 Å². The molecule has 0 aliphatic heterocycles. The molecular formula is C20H40O2. The number of ether oxygens (including phenoxy) is 1. The van der Waals surface area contributed by atoms with Gasteiger partial charge in [0.15, 0.2) is 0 Å². The van der Waals surface area contributed by atoms with Crippen molar-refractivity contribution < 1.29 is 9.53 Å². The van der Waals surface area contributed by atoms with E-state index in [0.717, 1.165) is 19.3 Å². The first-order valence-electron chi connectivity index (χ1n) is 9.92. The van der Waals surface area contributed by atoms with Gasteiger partial charge >= 0.3 is 5.97 Å². The molecule has 0 radical (unpaired) electrons. The molecule has 0 aromatic carbocycles. The van der Waals surface area contributed by atoms with Gasteiger partial charge in [-0.15, -0.1) is 0 Å². The third-order valence-electron chi connectivity index (χ3n) is 4.47. The van der Waals surface area contributed by atoms with Crippen molar-refractivity contribution in [3.05, 3.63) is 0 Å². The quantitative estimate of drug-likeness (QED) is 0.235.